The first-order valence-corrected chi connectivity index (χ1v) is 6.97. The molecular weight excluding hydrogens is 300 g/mol. The molecule has 0 spiro atoms. The van der Waals surface area contributed by atoms with Gasteiger partial charge in [-0.05, 0) is 41.8 Å². The maximum atomic E-state index is 12.3. The molecule has 2 aromatic heterocycles. The molecule has 0 bridgehead atoms. The van der Waals surface area contributed by atoms with Crippen molar-refractivity contribution in [3.8, 4) is 17.1 Å². The van der Waals surface area contributed by atoms with Gasteiger partial charge < -0.3 is 9.26 Å². The minimum Gasteiger partial charge on any atom is -0.497 e. The molecule has 2 N–H and O–H groups in total. The van der Waals surface area contributed by atoms with Crippen LogP contribution in [0.4, 0.5) is 5.95 Å². The van der Waals surface area contributed by atoms with Gasteiger partial charge in [-0.2, -0.15) is 5.21 Å². The first kappa shape index (κ1) is 13.4. The van der Waals surface area contributed by atoms with E-state index in [0.717, 1.165) is 28.9 Å². The number of aromatic amines is 1. The summed E-state index contributed by atoms with van der Waals surface area (Å²) in [5.41, 5.74) is 3.06. The average Bonchev–Trinajstić information content (AvgIpc) is 3.23. The van der Waals surface area contributed by atoms with Crippen LogP contribution in [-0.4, -0.2) is 38.8 Å². The Morgan fingerprint density at radius 3 is 3.09 bits per heavy atom. The highest BCUT2D eigenvalue weighted by molar-refractivity contribution is 6.03. The Morgan fingerprint density at radius 2 is 2.30 bits per heavy atom. The Morgan fingerprint density at radius 1 is 1.39 bits per heavy atom. The van der Waals surface area contributed by atoms with Crippen LogP contribution >= 0.6 is 0 Å². The van der Waals surface area contributed by atoms with E-state index >= 15 is 0 Å². The Balaban J connectivity index is 1.69. The number of rotatable bonds is 3. The third kappa shape index (κ3) is 2.22. The predicted octanol–water partition coefficient (Wildman–Crippen LogP) is 1.21. The van der Waals surface area contributed by atoms with Gasteiger partial charge >= 0.3 is 0 Å². The van der Waals surface area contributed by atoms with Crippen molar-refractivity contribution in [1.29, 1.82) is 0 Å². The largest absolute Gasteiger partial charge is 0.497 e. The molecule has 3 aromatic rings. The molecule has 0 atom stereocenters. The van der Waals surface area contributed by atoms with Crippen LogP contribution in [0.2, 0.25) is 0 Å². The molecule has 9 nitrogen and oxygen atoms in total. The lowest BCUT2D eigenvalue weighted by atomic mass is 9.89. The zero-order valence-corrected chi connectivity index (χ0v) is 12.2. The second-order valence-electron chi connectivity index (χ2n) is 5.05. The van der Waals surface area contributed by atoms with Gasteiger partial charge in [0.25, 0.3) is 11.9 Å². The monoisotopic (exact) mass is 312 g/mol. The number of benzene rings is 1. The number of anilines is 1. The molecule has 0 fully saturated rings. The summed E-state index contributed by atoms with van der Waals surface area (Å²) in [7, 11) is 1.63. The van der Waals surface area contributed by atoms with Gasteiger partial charge in [0.05, 0.1) is 7.11 Å². The Labute approximate surface area is 130 Å². The highest BCUT2D eigenvalue weighted by Gasteiger charge is 2.28. The van der Waals surface area contributed by atoms with Gasteiger partial charge in [0.15, 0.2) is 11.5 Å². The van der Waals surface area contributed by atoms with Gasteiger partial charge in [0.1, 0.15) is 5.75 Å². The SMILES string of the molecule is COc1ccc2c(c1)CCc1c(C(=O)Nc3nn[nH]n3)noc1-2. The predicted molar refractivity (Wildman–Crippen MR) is 78.0 cm³/mol. The number of nitrogens with one attached hydrogen (secondary N) is 2. The number of fused-ring (bicyclic) bond motifs is 3. The van der Waals surface area contributed by atoms with Crippen LogP contribution in [0.15, 0.2) is 22.7 Å². The molecule has 0 radical (unpaired) electrons. The van der Waals surface area contributed by atoms with Crippen LogP contribution < -0.4 is 10.1 Å². The third-order valence-electron chi connectivity index (χ3n) is 3.78. The van der Waals surface area contributed by atoms with E-state index in [1.54, 1.807) is 7.11 Å². The molecule has 1 aliphatic carbocycles. The van der Waals surface area contributed by atoms with Crippen LogP contribution in [0.25, 0.3) is 11.3 Å². The number of aromatic nitrogens is 5. The minimum atomic E-state index is -0.423. The van der Waals surface area contributed by atoms with Gasteiger partial charge in [0, 0.05) is 11.1 Å². The summed E-state index contributed by atoms with van der Waals surface area (Å²) in [6.45, 7) is 0. The number of ether oxygens (including phenoxy) is 1. The van der Waals surface area contributed by atoms with Crippen molar-refractivity contribution in [3.63, 3.8) is 0 Å². The number of aryl methyl sites for hydroxylation is 1. The van der Waals surface area contributed by atoms with E-state index < -0.39 is 5.91 Å². The first-order chi connectivity index (χ1) is 11.3. The first-order valence-electron chi connectivity index (χ1n) is 6.97. The number of tetrazole rings is 1. The summed E-state index contributed by atoms with van der Waals surface area (Å²) >= 11 is 0. The standard InChI is InChI=1S/C14H12N6O3/c1-22-8-3-5-9-7(6-8)2-4-10-11(18-23-12(9)10)13(21)15-14-16-19-20-17-14/h3,5-6H,2,4H2,1H3,(H2,15,16,17,19,20,21). The second kappa shape index (κ2) is 5.20. The summed E-state index contributed by atoms with van der Waals surface area (Å²) in [5, 5.41) is 19.4. The van der Waals surface area contributed by atoms with Crippen molar-refractivity contribution in [2.75, 3.05) is 12.4 Å². The lowest BCUT2D eigenvalue weighted by Crippen LogP contribution is -2.16. The lowest BCUT2D eigenvalue weighted by molar-refractivity contribution is 0.101. The van der Waals surface area contributed by atoms with Crippen molar-refractivity contribution in [1.82, 2.24) is 25.8 Å². The van der Waals surface area contributed by atoms with Crippen LogP contribution in [0.3, 0.4) is 0 Å². The Hall–Kier alpha value is -3.23. The zero-order chi connectivity index (χ0) is 15.8. The molecule has 1 aliphatic rings. The summed E-state index contributed by atoms with van der Waals surface area (Å²) in [6.07, 6.45) is 1.44. The summed E-state index contributed by atoms with van der Waals surface area (Å²) < 4.78 is 10.6. The highest BCUT2D eigenvalue weighted by Crippen LogP contribution is 2.37. The summed E-state index contributed by atoms with van der Waals surface area (Å²) in [6, 6.07) is 5.74. The summed E-state index contributed by atoms with van der Waals surface area (Å²) in [4.78, 5) is 12.3. The van der Waals surface area contributed by atoms with Crippen molar-refractivity contribution < 1.29 is 14.1 Å². The quantitative estimate of drug-likeness (QED) is 0.746. The fourth-order valence-electron chi connectivity index (χ4n) is 2.69. The normalized spacial score (nSPS) is 12.4. The number of hydrogen-bond donors (Lipinski definition) is 2. The van der Waals surface area contributed by atoms with E-state index in [0.29, 0.717) is 12.2 Å². The van der Waals surface area contributed by atoms with Crippen molar-refractivity contribution >= 4 is 11.9 Å². The van der Waals surface area contributed by atoms with E-state index in [2.05, 4.69) is 31.1 Å². The Kier molecular flexibility index (Phi) is 3.04. The van der Waals surface area contributed by atoms with Crippen LogP contribution in [-0.2, 0) is 12.8 Å². The molecule has 9 heteroatoms. The Bertz CT molecular complexity index is 871. The van der Waals surface area contributed by atoms with Gasteiger partial charge in [-0.3, -0.25) is 10.1 Å². The molecule has 0 unspecified atom stereocenters. The average molecular weight is 312 g/mol. The zero-order valence-electron chi connectivity index (χ0n) is 12.2. The van der Waals surface area contributed by atoms with E-state index in [9.17, 15) is 4.79 Å². The van der Waals surface area contributed by atoms with Crippen LogP contribution in [0, 0.1) is 0 Å². The topological polar surface area (TPSA) is 119 Å². The van der Waals surface area contributed by atoms with Gasteiger partial charge in [-0.15, -0.1) is 5.10 Å². The van der Waals surface area contributed by atoms with Gasteiger partial charge in [-0.1, -0.05) is 10.3 Å². The smallest absolute Gasteiger partial charge is 0.280 e. The molecule has 0 saturated heterocycles. The number of hydrogen-bond acceptors (Lipinski definition) is 7. The molecule has 4 rings (SSSR count). The minimum absolute atomic E-state index is 0.0905. The molecule has 23 heavy (non-hydrogen) atoms. The molecule has 116 valence electrons. The maximum absolute atomic E-state index is 12.3. The molecule has 1 aromatic carbocycles. The second-order valence-corrected chi connectivity index (χ2v) is 5.05. The van der Waals surface area contributed by atoms with Gasteiger partial charge in [0.2, 0.25) is 0 Å². The maximum Gasteiger partial charge on any atom is 0.280 e. The molecule has 1 amide bonds. The number of carbonyl (C=O) groups is 1. The lowest BCUT2D eigenvalue weighted by Gasteiger charge is -2.15. The molecular formula is C14H12N6O3. The van der Waals surface area contributed by atoms with Crippen LogP contribution in [0.1, 0.15) is 21.6 Å². The van der Waals surface area contributed by atoms with Crippen LogP contribution in [0.5, 0.6) is 5.75 Å². The van der Waals surface area contributed by atoms with Crippen molar-refractivity contribution in [2.45, 2.75) is 12.8 Å². The fraction of sp³-hybridized carbons (Fsp3) is 0.214. The third-order valence-corrected chi connectivity index (χ3v) is 3.78. The van der Waals surface area contributed by atoms with E-state index in [4.69, 9.17) is 9.26 Å². The van der Waals surface area contributed by atoms with Gasteiger partial charge in [-0.25, -0.2) is 0 Å². The molecule has 0 saturated carbocycles. The number of nitrogens with zero attached hydrogens (tertiary/aromatic N) is 4. The van der Waals surface area contributed by atoms with E-state index in [1.807, 2.05) is 18.2 Å². The number of amides is 1. The molecule has 2 heterocycles. The van der Waals surface area contributed by atoms with E-state index in [-0.39, 0.29) is 11.6 Å². The number of methoxy groups -OCH3 is 1. The number of H-pyrrole nitrogens is 1. The molecule has 0 aliphatic heterocycles. The van der Waals surface area contributed by atoms with Crippen molar-refractivity contribution in [2.24, 2.45) is 0 Å². The number of carbonyl (C=O) groups excluding carboxylic acids is 1. The summed E-state index contributed by atoms with van der Waals surface area (Å²) in [5.74, 6) is 1.08. The highest BCUT2D eigenvalue weighted by atomic mass is 16.5. The fourth-order valence-corrected chi connectivity index (χ4v) is 2.69. The van der Waals surface area contributed by atoms with E-state index in [1.165, 1.54) is 0 Å². The van der Waals surface area contributed by atoms with Crippen molar-refractivity contribution in [3.05, 3.63) is 35.0 Å².